The molecule has 1 fully saturated rings. The van der Waals surface area contributed by atoms with E-state index < -0.39 is 23.7 Å². The van der Waals surface area contributed by atoms with Gasteiger partial charge in [-0.2, -0.15) is 0 Å². The van der Waals surface area contributed by atoms with Gasteiger partial charge < -0.3 is 10.0 Å². The molecule has 1 aromatic carbocycles. The number of piperidine rings is 1. The van der Waals surface area contributed by atoms with Crippen LogP contribution in [0.25, 0.3) is 0 Å². The van der Waals surface area contributed by atoms with Crippen LogP contribution in [0.15, 0.2) is 18.2 Å². The van der Waals surface area contributed by atoms with E-state index in [0.717, 1.165) is 6.07 Å². The molecule has 19 heavy (non-hydrogen) atoms. The van der Waals surface area contributed by atoms with Crippen LogP contribution in [0.4, 0.5) is 4.39 Å². The molecule has 2 atom stereocenters. The van der Waals surface area contributed by atoms with Crippen LogP contribution in [0.3, 0.4) is 0 Å². The van der Waals surface area contributed by atoms with E-state index in [-0.39, 0.29) is 23.8 Å². The number of likely N-dealkylation sites (tertiary alicyclic amines) is 1. The highest BCUT2D eigenvalue weighted by Crippen LogP contribution is 2.38. The van der Waals surface area contributed by atoms with E-state index in [1.54, 1.807) is 7.05 Å². The standard InChI is InChI=1S/C13H13ClFNO3/c1-16-11(17)5-4-9(13(18)19)12(16)8-3-2-7(15)6-10(8)14/h2-3,6,9,12H,4-5H2,1H3,(H,18,19). The Morgan fingerprint density at radius 1 is 1.53 bits per heavy atom. The van der Waals surface area contributed by atoms with Gasteiger partial charge in [0.15, 0.2) is 0 Å². The summed E-state index contributed by atoms with van der Waals surface area (Å²) in [5, 5.41) is 9.40. The Balaban J connectivity index is 2.46. The van der Waals surface area contributed by atoms with Gasteiger partial charge in [-0.1, -0.05) is 17.7 Å². The summed E-state index contributed by atoms with van der Waals surface area (Å²) in [6.07, 6.45) is 0.458. The zero-order chi connectivity index (χ0) is 14.2. The van der Waals surface area contributed by atoms with Crippen molar-refractivity contribution in [1.29, 1.82) is 0 Å². The van der Waals surface area contributed by atoms with Crippen LogP contribution >= 0.6 is 11.6 Å². The molecule has 1 saturated heterocycles. The van der Waals surface area contributed by atoms with Gasteiger partial charge in [0, 0.05) is 18.5 Å². The normalized spacial score (nSPS) is 23.5. The molecule has 0 aromatic heterocycles. The van der Waals surface area contributed by atoms with Crippen molar-refractivity contribution in [3.8, 4) is 0 Å². The monoisotopic (exact) mass is 285 g/mol. The van der Waals surface area contributed by atoms with Gasteiger partial charge in [-0.3, -0.25) is 9.59 Å². The van der Waals surface area contributed by atoms with E-state index in [1.165, 1.54) is 17.0 Å². The maximum atomic E-state index is 13.1. The summed E-state index contributed by atoms with van der Waals surface area (Å²) in [5.41, 5.74) is 0.464. The number of halogens is 2. The van der Waals surface area contributed by atoms with Gasteiger partial charge in [0.25, 0.3) is 0 Å². The molecule has 4 nitrogen and oxygen atoms in total. The van der Waals surface area contributed by atoms with Crippen LogP contribution in [0.2, 0.25) is 5.02 Å². The van der Waals surface area contributed by atoms with Crippen molar-refractivity contribution in [2.75, 3.05) is 7.05 Å². The summed E-state index contributed by atoms with van der Waals surface area (Å²) in [6.45, 7) is 0. The molecule has 1 heterocycles. The number of benzene rings is 1. The van der Waals surface area contributed by atoms with E-state index in [9.17, 15) is 19.1 Å². The first-order valence-corrected chi connectivity index (χ1v) is 6.23. The highest BCUT2D eigenvalue weighted by molar-refractivity contribution is 6.31. The first-order valence-electron chi connectivity index (χ1n) is 5.85. The maximum absolute atomic E-state index is 13.1. The first kappa shape index (κ1) is 13.8. The third kappa shape index (κ3) is 2.56. The third-order valence-electron chi connectivity index (χ3n) is 3.46. The predicted molar refractivity (Wildman–Crippen MR) is 67.3 cm³/mol. The van der Waals surface area contributed by atoms with Gasteiger partial charge in [-0.15, -0.1) is 0 Å². The number of hydrogen-bond acceptors (Lipinski definition) is 2. The molecule has 0 spiro atoms. The Bertz CT molecular complexity index is 535. The number of hydrogen-bond donors (Lipinski definition) is 1. The number of carbonyl (C=O) groups excluding carboxylic acids is 1. The minimum atomic E-state index is -0.982. The van der Waals surface area contributed by atoms with Crippen molar-refractivity contribution in [3.05, 3.63) is 34.6 Å². The van der Waals surface area contributed by atoms with Crippen molar-refractivity contribution in [1.82, 2.24) is 4.90 Å². The van der Waals surface area contributed by atoms with Crippen molar-refractivity contribution in [3.63, 3.8) is 0 Å². The molecule has 0 bridgehead atoms. The Hall–Kier alpha value is -1.62. The number of aliphatic carboxylic acids is 1. The molecule has 1 aliphatic heterocycles. The van der Waals surface area contributed by atoms with E-state index in [1.807, 2.05) is 0 Å². The molecular formula is C13H13ClFNO3. The van der Waals surface area contributed by atoms with Crippen LogP contribution < -0.4 is 0 Å². The Kier molecular flexibility index (Phi) is 3.75. The molecular weight excluding hydrogens is 273 g/mol. The van der Waals surface area contributed by atoms with Gasteiger partial charge in [0.05, 0.1) is 12.0 Å². The van der Waals surface area contributed by atoms with Gasteiger partial charge in [0.2, 0.25) is 5.91 Å². The average Bonchev–Trinajstić information content (AvgIpc) is 2.33. The number of carboxylic acid groups (broad SMARTS) is 1. The lowest BCUT2D eigenvalue weighted by Crippen LogP contribution is -2.43. The zero-order valence-corrected chi connectivity index (χ0v) is 11.0. The summed E-state index contributed by atoms with van der Waals surface area (Å²) in [5.74, 6) is -2.34. The fourth-order valence-electron chi connectivity index (χ4n) is 2.46. The van der Waals surface area contributed by atoms with Crippen LogP contribution in [-0.2, 0) is 9.59 Å². The second kappa shape index (κ2) is 5.17. The molecule has 2 unspecified atom stereocenters. The molecule has 2 rings (SSSR count). The molecule has 1 aromatic rings. The van der Waals surface area contributed by atoms with E-state index >= 15 is 0 Å². The van der Waals surface area contributed by atoms with Gasteiger partial charge >= 0.3 is 5.97 Å². The number of rotatable bonds is 2. The van der Waals surface area contributed by atoms with Crippen LogP contribution in [0.5, 0.6) is 0 Å². The largest absolute Gasteiger partial charge is 0.481 e. The Morgan fingerprint density at radius 3 is 2.79 bits per heavy atom. The smallest absolute Gasteiger partial charge is 0.308 e. The topological polar surface area (TPSA) is 57.6 Å². The van der Waals surface area contributed by atoms with Crippen LogP contribution in [0, 0.1) is 11.7 Å². The lowest BCUT2D eigenvalue weighted by atomic mass is 9.84. The zero-order valence-electron chi connectivity index (χ0n) is 10.3. The molecule has 6 heteroatoms. The Morgan fingerprint density at radius 2 is 2.21 bits per heavy atom. The highest BCUT2D eigenvalue weighted by atomic mass is 35.5. The molecule has 1 amide bonds. The maximum Gasteiger partial charge on any atom is 0.308 e. The number of carbonyl (C=O) groups is 2. The van der Waals surface area contributed by atoms with Gasteiger partial charge in [-0.05, 0) is 24.1 Å². The molecule has 1 aliphatic rings. The minimum Gasteiger partial charge on any atom is -0.481 e. The van der Waals surface area contributed by atoms with E-state index in [2.05, 4.69) is 0 Å². The summed E-state index contributed by atoms with van der Waals surface area (Å²) in [4.78, 5) is 24.4. The summed E-state index contributed by atoms with van der Waals surface area (Å²) < 4.78 is 13.1. The van der Waals surface area contributed by atoms with Crippen LogP contribution in [-0.4, -0.2) is 28.9 Å². The summed E-state index contributed by atoms with van der Waals surface area (Å²) >= 11 is 5.97. The molecule has 1 N–H and O–H groups in total. The Labute approximate surface area is 114 Å². The lowest BCUT2D eigenvalue weighted by Gasteiger charge is -2.37. The number of amides is 1. The molecule has 0 saturated carbocycles. The first-order chi connectivity index (χ1) is 8.91. The highest BCUT2D eigenvalue weighted by Gasteiger charge is 2.39. The minimum absolute atomic E-state index is 0.136. The third-order valence-corrected chi connectivity index (χ3v) is 3.79. The molecule has 102 valence electrons. The predicted octanol–water partition coefficient (Wildman–Crippen LogP) is 2.47. The SMILES string of the molecule is CN1C(=O)CCC(C(=O)O)C1c1ccc(F)cc1Cl. The van der Waals surface area contributed by atoms with Gasteiger partial charge in [0.1, 0.15) is 5.82 Å². The van der Waals surface area contributed by atoms with E-state index in [4.69, 9.17) is 11.6 Å². The second-order valence-corrected chi connectivity index (χ2v) is 5.01. The van der Waals surface area contributed by atoms with Crippen molar-refractivity contribution < 1.29 is 19.1 Å². The fourth-order valence-corrected chi connectivity index (χ4v) is 2.74. The fraction of sp³-hybridized carbons (Fsp3) is 0.385. The molecule has 0 aliphatic carbocycles. The van der Waals surface area contributed by atoms with Crippen molar-refractivity contribution in [2.24, 2.45) is 5.92 Å². The van der Waals surface area contributed by atoms with E-state index in [0.29, 0.717) is 5.56 Å². The average molecular weight is 286 g/mol. The van der Waals surface area contributed by atoms with Crippen molar-refractivity contribution in [2.45, 2.75) is 18.9 Å². The van der Waals surface area contributed by atoms with Crippen molar-refractivity contribution >= 4 is 23.5 Å². The lowest BCUT2D eigenvalue weighted by molar-refractivity contribution is -0.150. The van der Waals surface area contributed by atoms with Crippen LogP contribution in [0.1, 0.15) is 24.4 Å². The summed E-state index contributed by atoms with van der Waals surface area (Å²) in [6, 6.07) is 3.12. The summed E-state index contributed by atoms with van der Waals surface area (Å²) in [7, 11) is 1.54. The number of nitrogens with zero attached hydrogens (tertiary/aromatic N) is 1. The number of carboxylic acids is 1. The molecule has 0 radical (unpaired) electrons. The second-order valence-electron chi connectivity index (χ2n) is 4.60. The van der Waals surface area contributed by atoms with Gasteiger partial charge in [-0.25, -0.2) is 4.39 Å². The quantitative estimate of drug-likeness (QED) is 0.908.